The molecule has 6 nitrogen and oxygen atoms in total. The number of aliphatic hydroxyl groups excluding tert-OH is 1. The molecule has 0 saturated carbocycles. The Morgan fingerprint density at radius 2 is 2.16 bits per heavy atom. The Hall–Kier alpha value is -1.79. The summed E-state index contributed by atoms with van der Waals surface area (Å²) in [4.78, 5) is 16.7. The standard InChI is InChI=1S/C19H31N3O3/c1-13-11-22(14(2)12-23)19(24)9-15-8-16(21(4)5)6-7-17(15)25-18(13)10-20-3/h6-8,13-14,18,20,23H,9-12H2,1-5H3/t13-,14+,18+/m1/s1. The fourth-order valence-corrected chi connectivity index (χ4v) is 3.14. The van der Waals surface area contributed by atoms with Gasteiger partial charge in [0.15, 0.2) is 0 Å². The number of fused-ring (bicyclic) bond motifs is 1. The highest BCUT2D eigenvalue weighted by atomic mass is 16.5. The number of carbonyl (C=O) groups excluding carboxylic acids is 1. The van der Waals surface area contributed by atoms with E-state index < -0.39 is 0 Å². The SMILES string of the molecule is CNC[C@@H]1Oc2ccc(N(C)C)cc2CC(=O)N([C@@H](C)CO)C[C@H]1C. The fourth-order valence-electron chi connectivity index (χ4n) is 3.14. The molecule has 0 radical (unpaired) electrons. The number of likely N-dealkylation sites (N-methyl/N-ethyl adjacent to an activating group) is 1. The minimum Gasteiger partial charge on any atom is -0.488 e. The second-order valence-corrected chi connectivity index (χ2v) is 7.13. The number of ether oxygens (including phenoxy) is 1. The summed E-state index contributed by atoms with van der Waals surface area (Å²) < 4.78 is 6.29. The Balaban J connectivity index is 2.44. The van der Waals surface area contributed by atoms with Crippen molar-refractivity contribution in [2.45, 2.75) is 32.4 Å². The van der Waals surface area contributed by atoms with Gasteiger partial charge in [0, 0.05) is 44.4 Å². The molecular weight excluding hydrogens is 318 g/mol. The molecular formula is C19H31N3O3. The Labute approximate surface area is 150 Å². The summed E-state index contributed by atoms with van der Waals surface area (Å²) in [7, 11) is 5.86. The maximum Gasteiger partial charge on any atom is 0.227 e. The predicted molar refractivity (Wildman–Crippen MR) is 100 cm³/mol. The molecule has 0 saturated heterocycles. The van der Waals surface area contributed by atoms with Crippen LogP contribution in [0.2, 0.25) is 0 Å². The van der Waals surface area contributed by atoms with E-state index in [1.165, 1.54) is 0 Å². The third kappa shape index (κ3) is 4.64. The number of hydrogen-bond acceptors (Lipinski definition) is 5. The average molecular weight is 349 g/mol. The zero-order valence-corrected chi connectivity index (χ0v) is 16.0. The number of hydrogen-bond donors (Lipinski definition) is 2. The Bertz CT molecular complexity index is 591. The molecule has 1 amide bonds. The minimum absolute atomic E-state index is 0.0271. The van der Waals surface area contributed by atoms with E-state index >= 15 is 0 Å². The van der Waals surface area contributed by atoms with Crippen molar-refractivity contribution >= 4 is 11.6 Å². The van der Waals surface area contributed by atoms with Gasteiger partial charge < -0.3 is 25.0 Å². The van der Waals surface area contributed by atoms with Crippen molar-refractivity contribution in [3.63, 3.8) is 0 Å². The molecule has 1 aliphatic heterocycles. The van der Waals surface area contributed by atoms with Gasteiger partial charge in [0.1, 0.15) is 11.9 Å². The Morgan fingerprint density at radius 3 is 2.76 bits per heavy atom. The molecule has 2 N–H and O–H groups in total. The third-order valence-electron chi connectivity index (χ3n) is 4.82. The summed E-state index contributed by atoms with van der Waals surface area (Å²) >= 11 is 0. The molecule has 1 heterocycles. The van der Waals surface area contributed by atoms with E-state index in [9.17, 15) is 9.90 Å². The molecule has 0 unspecified atom stereocenters. The van der Waals surface area contributed by atoms with Crippen LogP contribution in [-0.4, -0.2) is 68.9 Å². The molecule has 2 rings (SSSR count). The number of nitrogens with zero attached hydrogens (tertiary/aromatic N) is 2. The number of anilines is 1. The monoisotopic (exact) mass is 349 g/mol. The van der Waals surface area contributed by atoms with Gasteiger partial charge in [-0.2, -0.15) is 0 Å². The van der Waals surface area contributed by atoms with Gasteiger partial charge >= 0.3 is 0 Å². The van der Waals surface area contributed by atoms with Crippen LogP contribution in [0.5, 0.6) is 5.75 Å². The smallest absolute Gasteiger partial charge is 0.227 e. The van der Waals surface area contributed by atoms with Gasteiger partial charge in [0.25, 0.3) is 0 Å². The number of carbonyl (C=O) groups is 1. The number of rotatable bonds is 5. The van der Waals surface area contributed by atoms with Crippen molar-refractivity contribution < 1.29 is 14.6 Å². The fraction of sp³-hybridized carbons (Fsp3) is 0.632. The summed E-state index contributed by atoms with van der Waals surface area (Å²) in [6.45, 7) is 5.20. The molecule has 0 spiro atoms. The van der Waals surface area contributed by atoms with Crippen molar-refractivity contribution in [2.75, 3.05) is 45.7 Å². The molecule has 0 fully saturated rings. The van der Waals surface area contributed by atoms with Crippen molar-refractivity contribution in [1.29, 1.82) is 0 Å². The van der Waals surface area contributed by atoms with Crippen molar-refractivity contribution in [2.24, 2.45) is 5.92 Å². The first kappa shape index (κ1) is 19.5. The number of amides is 1. The molecule has 1 aliphatic rings. The van der Waals surface area contributed by atoms with Gasteiger partial charge in [-0.3, -0.25) is 4.79 Å². The van der Waals surface area contributed by atoms with Crippen LogP contribution in [-0.2, 0) is 11.2 Å². The lowest BCUT2D eigenvalue weighted by molar-refractivity contribution is -0.134. The summed E-state index contributed by atoms with van der Waals surface area (Å²) in [5, 5.41) is 12.7. The highest BCUT2D eigenvalue weighted by Gasteiger charge is 2.30. The second-order valence-electron chi connectivity index (χ2n) is 7.13. The molecule has 1 aromatic rings. The predicted octanol–water partition coefficient (Wildman–Crippen LogP) is 1.12. The summed E-state index contributed by atoms with van der Waals surface area (Å²) in [5.41, 5.74) is 1.93. The van der Waals surface area contributed by atoms with Gasteiger partial charge in [-0.25, -0.2) is 0 Å². The van der Waals surface area contributed by atoms with Gasteiger partial charge in [0.2, 0.25) is 5.91 Å². The van der Waals surface area contributed by atoms with E-state index in [2.05, 4.69) is 12.2 Å². The van der Waals surface area contributed by atoms with Crippen LogP contribution < -0.4 is 15.0 Å². The first-order valence-corrected chi connectivity index (χ1v) is 8.89. The van der Waals surface area contributed by atoms with E-state index in [0.717, 1.165) is 17.0 Å². The molecule has 140 valence electrons. The van der Waals surface area contributed by atoms with E-state index in [-0.39, 0.29) is 37.0 Å². The molecule has 3 atom stereocenters. The van der Waals surface area contributed by atoms with Crippen molar-refractivity contribution in [1.82, 2.24) is 10.2 Å². The third-order valence-corrected chi connectivity index (χ3v) is 4.82. The van der Waals surface area contributed by atoms with Crippen molar-refractivity contribution in [3.8, 4) is 5.75 Å². The van der Waals surface area contributed by atoms with E-state index in [4.69, 9.17) is 4.74 Å². The second kappa shape index (κ2) is 8.54. The van der Waals surface area contributed by atoms with Crippen LogP contribution in [0.4, 0.5) is 5.69 Å². The lowest BCUT2D eigenvalue weighted by atomic mass is 10.0. The van der Waals surface area contributed by atoms with Crippen molar-refractivity contribution in [3.05, 3.63) is 23.8 Å². The Morgan fingerprint density at radius 1 is 1.44 bits per heavy atom. The highest BCUT2D eigenvalue weighted by Crippen LogP contribution is 2.29. The molecule has 0 aliphatic carbocycles. The number of benzene rings is 1. The lowest BCUT2D eigenvalue weighted by Gasteiger charge is -2.32. The molecule has 6 heteroatoms. The van der Waals surface area contributed by atoms with Crippen LogP contribution in [0.15, 0.2) is 18.2 Å². The molecule has 0 bridgehead atoms. The minimum atomic E-state index is -0.205. The molecule has 1 aromatic carbocycles. The maximum absolute atomic E-state index is 12.9. The largest absolute Gasteiger partial charge is 0.488 e. The highest BCUT2D eigenvalue weighted by molar-refractivity contribution is 5.80. The van der Waals surface area contributed by atoms with Gasteiger partial charge in [0.05, 0.1) is 19.1 Å². The van der Waals surface area contributed by atoms with Crippen LogP contribution in [0, 0.1) is 5.92 Å². The van der Waals surface area contributed by atoms with Crippen LogP contribution in [0.25, 0.3) is 0 Å². The topological polar surface area (TPSA) is 65.0 Å². The van der Waals surface area contributed by atoms with E-state index in [0.29, 0.717) is 13.1 Å². The summed E-state index contributed by atoms with van der Waals surface area (Å²) in [6.07, 6.45) is 0.230. The number of nitrogens with one attached hydrogen (secondary N) is 1. The normalized spacial score (nSPS) is 22.3. The van der Waals surface area contributed by atoms with Gasteiger partial charge in [-0.1, -0.05) is 6.92 Å². The number of aliphatic hydroxyl groups is 1. The molecule has 0 aromatic heterocycles. The van der Waals surface area contributed by atoms with E-state index in [1.54, 1.807) is 4.90 Å². The average Bonchev–Trinajstić information content (AvgIpc) is 2.63. The van der Waals surface area contributed by atoms with Crippen LogP contribution >= 0.6 is 0 Å². The zero-order chi connectivity index (χ0) is 18.6. The van der Waals surface area contributed by atoms with E-state index in [1.807, 2.05) is 51.2 Å². The van der Waals surface area contributed by atoms with Gasteiger partial charge in [-0.15, -0.1) is 0 Å². The first-order valence-electron chi connectivity index (χ1n) is 8.89. The summed E-state index contributed by atoms with van der Waals surface area (Å²) in [5.74, 6) is 0.939. The van der Waals surface area contributed by atoms with Crippen LogP contribution in [0.3, 0.4) is 0 Å². The van der Waals surface area contributed by atoms with Crippen LogP contribution in [0.1, 0.15) is 19.4 Å². The lowest BCUT2D eigenvalue weighted by Crippen LogP contribution is -2.47. The first-order chi connectivity index (χ1) is 11.9. The maximum atomic E-state index is 12.9. The summed E-state index contributed by atoms with van der Waals surface area (Å²) in [6, 6.07) is 5.78. The van der Waals surface area contributed by atoms with Gasteiger partial charge in [-0.05, 0) is 32.2 Å². The quantitative estimate of drug-likeness (QED) is 0.834. The molecule has 25 heavy (non-hydrogen) atoms. The zero-order valence-electron chi connectivity index (χ0n) is 16.0. The Kier molecular flexibility index (Phi) is 6.67.